The van der Waals surface area contributed by atoms with E-state index in [9.17, 15) is 19.7 Å². The predicted octanol–water partition coefficient (Wildman–Crippen LogP) is 3.65. The lowest BCUT2D eigenvalue weighted by Gasteiger charge is -2.07. The highest BCUT2D eigenvalue weighted by Gasteiger charge is 2.16. The molecule has 0 aromatic heterocycles. The van der Waals surface area contributed by atoms with Gasteiger partial charge in [-0.25, -0.2) is 0 Å². The number of carbonyl (C=O) groups is 2. The van der Waals surface area contributed by atoms with Crippen molar-refractivity contribution in [2.24, 2.45) is 5.92 Å². The normalized spacial score (nSPS) is 10.5. The lowest BCUT2D eigenvalue weighted by molar-refractivity contribution is -0.385. The van der Waals surface area contributed by atoms with Crippen LogP contribution in [-0.4, -0.2) is 23.5 Å². The van der Waals surface area contributed by atoms with E-state index in [4.69, 9.17) is 9.47 Å². The zero-order chi connectivity index (χ0) is 17.9. The van der Waals surface area contributed by atoms with E-state index in [0.29, 0.717) is 38.2 Å². The van der Waals surface area contributed by atoms with Gasteiger partial charge in [-0.3, -0.25) is 19.7 Å². The van der Waals surface area contributed by atoms with Gasteiger partial charge in [0, 0.05) is 18.9 Å². The molecule has 0 bridgehead atoms. The number of nitro groups is 1. The van der Waals surface area contributed by atoms with E-state index < -0.39 is 10.9 Å². The van der Waals surface area contributed by atoms with E-state index >= 15 is 0 Å². The Morgan fingerprint density at radius 3 is 2.33 bits per heavy atom. The Labute approximate surface area is 141 Å². The number of unbranched alkanes of at least 4 members (excludes halogenated alkanes) is 2. The van der Waals surface area contributed by atoms with Crippen LogP contribution in [0.3, 0.4) is 0 Å². The first-order valence-corrected chi connectivity index (χ1v) is 8.00. The van der Waals surface area contributed by atoms with E-state index in [0.717, 1.165) is 0 Å². The van der Waals surface area contributed by atoms with Gasteiger partial charge in [0.05, 0.1) is 11.5 Å². The predicted molar refractivity (Wildman–Crippen MR) is 87.6 cm³/mol. The molecule has 132 valence electrons. The molecule has 0 unspecified atom stereocenters. The first-order valence-electron chi connectivity index (χ1n) is 8.00. The summed E-state index contributed by atoms with van der Waals surface area (Å²) in [6, 6.07) is 5.75. The van der Waals surface area contributed by atoms with Crippen LogP contribution in [0.4, 0.5) is 5.69 Å². The third kappa shape index (κ3) is 7.71. The summed E-state index contributed by atoms with van der Waals surface area (Å²) in [4.78, 5) is 33.4. The third-order valence-electron chi connectivity index (χ3n) is 3.13. The van der Waals surface area contributed by atoms with Crippen LogP contribution in [0.2, 0.25) is 0 Å². The quantitative estimate of drug-likeness (QED) is 0.213. The molecule has 0 atom stereocenters. The number of ether oxygens (including phenoxy) is 2. The summed E-state index contributed by atoms with van der Waals surface area (Å²) < 4.78 is 10.1. The van der Waals surface area contributed by atoms with Gasteiger partial charge in [0.25, 0.3) is 0 Å². The fourth-order valence-corrected chi connectivity index (χ4v) is 1.92. The van der Waals surface area contributed by atoms with Gasteiger partial charge in [0.15, 0.2) is 0 Å². The van der Waals surface area contributed by atoms with Crippen molar-refractivity contribution in [3.05, 3.63) is 34.4 Å². The largest absolute Gasteiger partial charge is 0.465 e. The molecule has 24 heavy (non-hydrogen) atoms. The van der Waals surface area contributed by atoms with Gasteiger partial charge >= 0.3 is 17.6 Å². The number of hydrogen-bond donors (Lipinski definition) is 0. The van der Waals surface area contributed by atoms with Crippen LogP contribution in [-0.2, 0) is 14.3 Å². The minimum atomic E-state index is -0.592. The fourth-order valence-electron chi connectivity index (χ4n) is 1.92. The zero-order valence-electron chi connectivity index (χ0n) is 14.0. The Morgan fingerprint density at radius 2 is 1.71 bits per heavy atom. The number of para-hydroxylation sites is 2. The van der Waals surface area contributed by atoms with Crippen LogP contribution in [0.15, 0.2) is 24.3 Å². The lowest BCUT2D eigenvalue weighted by Crippen LogP contribution is -2.10. The van der Waals surface area contributed by atoms with Crippen LogP contribution in [0.25, 0.3) is 0 Å². The number of rotatable bonds is 10. The maximum atomic E-state index is 11.7. The van der Waals surface area contributed by atoms with Crippen molar-refractivity contribution in [2.45, 2.75) is 46.0 Å². The summed E-state index contributed by atoms with van der Waals surface area (Å²) in [5.74, 6) is -0.492. The second-order valence-corrected chi connectivity index (χ2v) is 5.84. The van der Waals surface area contributed by atoms with Gasteiger partial charge in [-0.2, -0.15) is 0 Å². The molecular weight excluding hydrogens is 314 g/mol. The van der Waals surface area contributed by atoms with Crippen molar-refractivity contribution in [1.82, 2.24) is 0 Å². The van der Waals surface area contributed by atoms with Crippen molar-refractivity contribution in [1.29, 1.82) is 0 Å². The maximum absolute atomic E-state index is 11.7. The van der Waals surface area contributed by atoms with E-state index in [2.05, 4.69) is 0 Å². The minimum Gasteiger partial charge on any atom is -0.465 e. The second kappa shape index (κ2) is 10.4. The smallest absolute Gasteiger partial charge is 0.311 e. The Morgan fingerprint density at radius 1 is 1.08 bits per heavy atom. The van der Waals surface area contributed by atoms with Gasteiger partial charge < -0.3 is 9.47 Å². The Kier molecular flexibility index (Phi) is 8.46. The molecule has 7 heteroatoms. The summed E-state index contributed by atoms with van der Waals surface area (Å²) in [5, 5.41) is 10.8. The number of benzene rings is 1. The summed E-state index contributed by atoms with van der Waals surface area (Å²) >= 11 is 0. The SMILES string of the molecule is CC(C)COC(=O)CCCCCC(=O)Oc1ccccc1[N+](=O)[O-]. The average molecular weight is 337 g/mol. The number of nitrogens with zero attached hydrogens (tertiary/aromatic N) is 1. The topological polar surface area (TPSA) is 95.7 Å². The molecule has 0 saturated heterocycles. The summed E-state index contributed by atoms with van der Waals surface area (Å²) in [5.41, 5.74) is -0.237. The van der Waals surface area contributed by atoms with E-state index in [1.807, 2.05) is 13.8 Å². The van der Waals surface area contributed by atoms with Crippen LogP contribution < -0.4 is 4.74 Å². The molecule has 0 fully saturated rings. The van der Waals surface area contributed by atoms with Crippen LogP contribution >= 0.6 is 0 Å². The van der Waals surface area contributed by atoms with E-state index in [-0.39, 0.29) is 23.8 Å². The summed E-state index contributed by atoms with van der Waals surface area (Å²) in [6.07, 6.45) is 2.34. The van der Waals surface area contributed by atoms with Crippen molar-refractivity contribution in [2.75, 3.05) is 6.61 Å². The molecule has 0 radical (unpaired) electrons. The van der Waals surface area contributed by atoms with Gasteiger partial charge in [-0.05, 0) is 24.8 Å². The Hall–Kier alpha value is -2.44. The first kappa shape index (κ1) is 19.6. The highest BCUT2D eigenvalue weighted by Crippen LogP contribution is 2.26. The van der Waals surface area contributed by atoms with E-state index in [1.54, 1.807) is 6.07 Å². The number of esters is 2. The van der Waals surface area contributed by atoms with Crippen molar-refractivity contribution in [3.8, 4) is 5.75 Å². The lowest BCUT2D eigenvalue weighted by atomic mass is 10.1. The van der Waals surface area contributed by atoms with Gasteiger partial charge in [0.2, 0.25) is 5.75 Å². The molecule has 0 aliphatic rings. The standard InChI is InChI=1S/C17H23NO6/c1-13(2)12-23-16(19)10-4-3-5-11-17(20)24-15-9-7-6-8-14(15)18(21)22/h6-9,13H,3-5,10-12H2,1-2H3. The van der Waals surface area contributed by atoms with Crippen molar-refractivity contribution >= 4 is 17.6 Å². The summed E-state index contributed by atoms with van der Waals surface area (Å²) in [6.45, 7) is 4.35. The van der Waals surface area contributed by atoms with E-state index in [1.165, 1.54) is 18.2 Å². The molecule has 0 N–H and O–H groups in total. The molecule has 1 aromatic carbocycles. The number of nitro benzene ring substituents is 1. The highest BCUT2D eigenvalue weighted by atomic mass is 16.6. The number of hydrogen-bond acceptors (Lipinski definition) is 6. The number of carbonyl (C=O) groups excluding carboxylic acids is 2. The van der Waals surface area contributed by atoms with Gasteiger partial charge in [-0.15, -0.1) is 0 Å². The molecule has 7 nitrogen and oxygen atoms in total. The highest BCUT2D eigenvalue weighted by molar-refractivity contribution is 5.73. The van der Waals surface area contributed by atoms with Crippen LogP contribution in [0, 0.1) is 16.0 Å². The minimum absolute atomic E-state index is 0.0511. The first-order chi connectivity index (χ1) is 11.4. The molecule has 0 saturated carbocycles. The molecule has 0 heterocycles. The third-order valence-corrected chi connectivity index (χ3v) is 3.13. The monoisotopic (exact) mass is 337 g/mol. The molecule has 0 amide bonds. The Bertz CT molecular complexity index is 570. The zero-order valence-corrected chi connectivity index (χ0v) is 14.0. The van der Waals surface area contributed by atoms with Crippen molar-refractivity contribution < 1.29 is 24.0 Å². The van der Waals surface area contributed by atoms with Crippen molar-refractivity contribution in [3.63, 3.8) is 0 Å². The molecule has 0 spiro atoms. The molecular formula is C17H23NO6. The fraction of sp³-hybridized carbons (Fsp3) is 0.529. The van der Waals surface area contributed by atoms with Crippen LogP contribution in [0.1, 0.15) is 46.0 Å². The van der Waals surface area contributed by atoms with Crippen LogP contribution in [0.5, 0.6) is 5.75 Å². The summed E-state index contributed by atoms with van der Waals surface area (Å²) in [7, 11) is 0. The average Bonchev–Trinajstić information content (AvgIpc) is 2.52. The molecule has 1 aromatic rings. The van der Waals surface area contributed by atoms with Gasteiger partial charge in [0.1, 0.15) is 0 Å². The second-order valence-electron chi connectivity index (χ2n) is 5.84. The maximum Gasteiger partial charge on any atom is 0.311 e. The Balaban J connectivity index is 2.23. The molecule has 0 aliphatic heterocycles. The molecule has 1 rings (SSSR count). The molecule has 0 aliphatic carbocycles. The van der Waals surface area contributed by atoms with Gasteiger partial charge in [-0.1, -0.05) is 32.4 Å².